The van der Waals surface area contributed by atoms with E-state index in [4.69, 9.17) is 0 Å². The minimum Gasteiger partial charge on any atom is -0.396 e. The number of hydrogen-bond donors (Lipinski definition) is 3. The predicted octanol–water partition coefficient (Wildman–Crippen LogP) is 6.14. The maximum atomic E-state index is 9.56. The average Bonchev–Trinajstić information content (AvgIpc) is 2.84. The summed E-state index contributed by atoms with van der Waals surface area (Å²) in [5, 5.41) is 16.5. The molecule has 0 bridgehead atoms. The van der Waals surface area contributed by atoms with Gasteiger partial charge in [0.05, 0.1) is 0 Å². The van der Waals surface area contributed by atoms with Crippen molar-refractivity contribution in [1.82, 2.24) is 5.32 Å². The Morgan fingerprint density at radius 1 is 0.750 bits per heavy atom. The molecule has 0 aromatic heterocycles. The van der Waals surface area contributed by atoms with Crippen LogP contribution in [0, 0.1) is 6.92 Å². The number of nitrogens with one attached hydrogen (secondary N) is 2. The highest BCUT2D eigenvalue weighted by molar-refractivity contribution is 5.98. The molecule has 0 saturated heterocycles. The molecule has 0 aliphatic carbocycles. The lowest BCUT2D eigenvalue weighted by Crippen LogP contribution is -2.22. The Balaban J connectivity index is 1.97. The zero-order chi connectivity index (χ0) is 22.6. The first-order valence-corrected chi connectivity index (χ1v) is 11.7. The average molecular weight is 429 g/mol. The van der Waals surface area contributed by atoms with Gasteiger partial charge in [-0.2, -0.15) is 0 Å². The van der Waals surface area contributed by atoms with Gasteiger partial charge in [0.2, 0.25) is 0 Å². The summed E-state index contributed by atoms with van der Waals surface area (Å²) in [7, 11) is 0. The predicted molar refractivity (Wildman–Crippen MR) is 138 cm³/mol. The summed E-state index contributed by atoms with van der Waals surface area (Å²) >= 11 is 0. The molecule has 3 aromatic carbocycles. The number of aryl methyl sites for hydroxylation is 1. The van der Waals surface area contributed by atoms with Gasteiger partial charge in [0, 0.05) is 25.4 Å². The monoisotopic (exact) mass is 428 g/mol. The molecule has 0 heterocycles. The van der Waals surface area contributed by atoms with Gasteiger partial charge in [-0.15, -0.1) is 0 Å². The maximum Gasteiger partial charge on any atom is 0.0434 e. The van der Waals surface area contributed by atoms with Crippen LogP contribution in [-0.4, -0.2) is 31.3 Å². The minimum atomic E-state index is 0.187. The summed E-state index contributed by atoms with van der Waals surface area (Å²) in [6.45, 7) is 7.42. The van der Waals surface area contributed by atoms with Crippen LogP contribution >= 0.6 is 0 Å². The summed E-state index contributed by atoms with van der Waals surface area (Å²) in [6, 6.07) is 28.0. The molecule has 0 atom stereocenters. The van der Waals surface area contributed by atoms with E-state index in [9.17, 15) is 5.11 Å². The highest BCUT2D eigenvalue weighted by Gasteiger charge is 2.14. The molecule has 0 aliphatic heterocycles. The molecule has 0 unspecified atom stereocenters. The van der Waals surface area contributed by atoms with Gasteiger partial charge in [0.15, 0.2) is 0 Å². The van der Waals surface area contributed by atoms with Crippen molar-refractivity contribution in [1.29, 1.82) is 0 Å². The lowest BCUT2D eigenvalue weighted by atomic mass is 9.87. The summed E-state index contributed by atoms with van der Waals surface area (Å²) in [5.74, 6) is 0. The standard InChI is InChI=1S/C29H36N2O/c1-3-19-30-20-21-31-27-17-15-26(16-18-27)29(25-13-11-23(2)12-14-25)28(10-7-22-32)24-8-5-4-6-9-24/h4-6,8-9,11-18,30-32H,3,7,10,19-22H2,1-2H3/b29-28-. The number of allylic oxidation sites excluding steroid dienone is 1. The number of benzene rings is 3. The molecule has 0 radical (unpaired) electrons. The third kappa shape index (κ3) is 6.81. The molecular weight excluding hydrogens is 392 g/mol. The Hall–Kier alpha value is -2.88. The second-order valence-corrected chi connectivity index (χ2v) is 8.17. The van der Waals surface area contributed by atoms with Crippen LogP contribution in [0.2, 0.25) is 0 Å². The quantitative estimate of drug-likeness (QED) is 0.240. The van der Waals surface area contributed by atoms with Crippen molar-refractivity contribution >= 4 is 16.8 Å². The summed E-state index contributed by atoms with van der Waals surface area (Å²) in [5.41, 5.74) is 8.50. The van der Waals surface area contributed by atoms with Crippen LogP contribution in [0.25, 0.3) is 11.1 Å². The topological polar surface area (TPSA) is 44.3 Å². The van der Waals surface area contributed by atoms with Gasteiger partial charge in [0.1, 0.15) is 0 Å². The molecule has 0 saturated carbocycles. The van der Waals surface area contributed by atoms with Gasteiger partial charge >= 0.3 is 0 Å². The van der Waals surface area contributed by atoms with Crippen LogP contribution in [0.3, 0.4) is 0 Å². The Labute approximate surface area is 193 Å². The Kier molecular flexibility index (Phi) is 9.55. The van der Waals surface area contributed by atoms with Gasteiger partial charge in [-0.1, -0.05) is 79.2 Å². The molecule has 3 nitrogen and oxygen atoms in total. The number of aliphatic hydroxyl groups is 1. The van der Waals surface area contributed by atoms with Crippen LogP contribution in [0.5, 0.6) is 0 Å². The van der Waals surface area contributed by atoms with Gasteiger partial charge in [-0.3, -0.25) is 0 Å². The van der Waals surface area contributed by atoms with Crippen molar-refractivity contribution in [3.8, 4) is 0 Å². The molecule has 3 N–H and O–H groups in total. The molecule has 32 heavy (non-hydrogen) atoms. The number of anilines is 1. The highest BCUT2D eigenvalue weighted by Crippen LogP contribution is 2.35. The summed E-state index contributed by atoms with van der Waals surface area (Å²) in [6.07, 6.45) is 2.72. The largest absolute Gasteiger partial charge is 0.396 e. The molecule has 0 aliphatic rings. The van der Waals surface area contributed by atoms with E-state index < -0.39 is 0 Å². The van der Waals surface area contributed by atoms with E-state index in [1.165, 1.54) is 33.4 Å². The molecule has 0 fully saturated rings. The lowest BCUT2D eigenvalue weighted by Gasteiger charge is -2.18. The molecule has 3 aromatic rings. The van der Waals surface area contributed by atoms with Gasteiger partial charge in [0.25, 0.3) is 0 Å². The van der Waals surface area contributed by atoms with Crippen molar-refractivity contribution in [3.63, 3.8) is 0 Å². The number of rotatable bonds is 12. The van der Waals surface area contributed by atoms with Crippen LogP contribution in [-0.2, 0) is 0 Å². The third-order valence-electron chi connectivity index (χ3n) is 5.58. The fourth-order valence-corrected chi connectivity index (χ4v) is 3.90. The van der Waals surface area contributed by atoms with Crippen molar-refractivity contribution < 1.29 is 5.11 Å². The SMILES string of the molecule is CCCNCCNc1ccc(/C(=C(/CCCO)c2ccccc2)c2ccc(C)cc2)cc1. The van der Waals surface area contributed by atoms with Crippen LogP contribution < -0.4 is 10.6 Å². The van der Waals surface area contributed by atoms with Crippen LogP contribution in [0.4, 0.5) is 5.69 Å². The van der Waals surface area contributed by atoms with Crippen molar-refractivity contribution in [2.45, 2.75) is 33.1 Å². The van der Waals surface area contributed by atoms with E-state index in [2.05, 4.69) is 103 Å². The first-order valence-electron chi connectivity index (χ1n) is 11.7. The second kappa shape index (κ2) is 12.8. The zero-order valence-electron chi connectivity index (χ0n) is 19.4. The second-order valence-electron chi connectivity index (χ2n) is 8.17. The molecule has 0 spiro atoms. The minimum absolute atomic E-state index is 0.187. The van der Waals surface area contributed by atoms with Crippen LogP contribution in [0.15, 0.2) is 78.9 Å². The van der Waals surface area contributed by atoms with Gasteiger partial charge in [-0.25, -0.2) is 0 Å². The van der Waals surface area contributed by atoms with Gasteiger partial charge in [-0.05, 0) is 72.7 Å². The Bertz CT molecular complexity index is 960. The molecule has 0 amide bonds. The van der Waals surface area contributed by atoms with E-state index in [1.807, 2.05) is 0 Å². The maximum absolute atomic E-state index is 9.56. The summed E-state index contributed by atoms with van der Waals surface area (Å²) < 4.78 is 0. The summed E-state index contributed by atoms with van der Waals surface area (Å²) in [4.78, 5) is 0. The van der Waals surface area contributed by atoms with Crippen molar-refractivity contribution in [2.75, 3.05) is 31.6 Å². The first-order chi connectivity index (χ1) is 15.7. The fraction of sp³-hybridized carbons (Fsp3) is 0.310. The van der Waals surface area contributed by atoms with Crippen molar-refractivity contribution in [3.05, 3.63) is 101 Å². The van der Waals surface area contributed by atoms with E-state index in [0.29, 0.717) is 0 Å². The molecule has 3 rings (SSSR count). The normalized spacial score (nSPS) is 11.8. The molecule has 3 heteroatoms. The van der Waals surface area contributed by atoms with Crippen LogP contribution in [0.1, 0.15) is 48.4 Å². The fourth-order valence-electron chi connectivity index (χ4n) is 3.90. The zero-order valence-corrected chi connectivity index (χ0v) is 19.4. The smallest absolute Gasteiger partial charge is 0.0434 e. The first kappa shape index (κ1) is 23.8. The third-order valence-corrected chi connectivity index (χ3v) is 5.58. The Morgan fingerprint density at radius 2 is 1.41 bits per heavy atom. The van der Waals surface area contributed by atoms with E-state index in [0.717, 1.165) is 44.6 Å². The van der Waals surface area contributed by atoms with Gasteiger partial charge < -0.3 is 15.7 Å². The number of aliphatic hydroxyl groups excluding tert-OH is 1. The van der Waals surface area contributed by atoms with E-state index in [1.54, 1.807) is 0 Å². The van der Waals surface area contributed by atoms with Crippen molar-refractivity contribution in [2.24, 2.45) is 0 Å². The highest BCUT2D eigenvalue weighted by atomic mass is 16.2. The number of hydrogen-bond acceptors (Lipinski definition) is 3. The lowest BCUT2D eigenvalue weighted by molar-refractivity contribution is 0.290. The van der Waals surface area contributed by atoms with E-state index in [-0.39, 0.29) is 6.61 Å². The Morgan fingerprint density at radius 3 is 2.03 bits per heavy atom. The molecule has 168 valence electrons. The van der Waals surface area contributed by atoms with E-state index >= 15 is 0 Å². The molecular formula is C29H36N2O.